The summed E-state index contributed by atoms with van der Waals surface area (Å²) in [5.41, 5.74) is 7.30. The van der Waals surface area contributed by atoms with E-state index < -0.39 is 0 Å². The van der Waals surface area contributed by atoms with Crippen molar-refractivity contribution in [3.05, 3.63) is 146 Å². The van der Waals surface area contributed by atoms with Crippen molar-refractivity contribution in [2.75, 3.05) is 0 Å². The maximum atomic E-state index is 6.69. The Bertz CT molecular complexity index is 2540. The zero-order valence-corrected chi connectivity index (χ0v) is 24.1. The molecule has 0 N–H and O–H groups in total. The standard InChI is InChI=1S/C40H24N4O/c1-3-11-26(12-4-1)31-19-20-32(36-33-24-34-29(16-9-21-41-34)23-35(33)45-37(31)36)40-43-38(27-13-5-2-6-14-27)42-39(44-40)30-18-17-25-10-7-8-15-28(25)22-30/h1-24H. The van der Waals surface area contributed by atoms with Crippen LogP contribution < -0.4 is 0 Å². The normalized spacial score (nSPS) is 11.6. The Morgan fingerprint density at radius 1 is 0.444 bits per heavy atom. The second kappa shape index (κ2) is 10.2. The number of hydrogen-bond donors (Lipinski definition) is 0. The Balaban J connectivity index is 1.35. The molecule has 0 fully saturated rings. The van der Waals surface area contributed by atoms with Crippen LogP contribution in [0, 0.1) is 0 Å². The van der Waals surface area contributed by atoms with E-state index in [4.69, 9.17) is 19.4 Å². The Hall–Kier alpha value is -6.20. The molecule has 0 aliphatic rings. The fourth-order valence-electron chi connectivity index (χ4n) is 6.15. The van der Waals surface area contributed by atoms with Gasteiger partial charge in [0.25, 0.3) is 0 Å². The molecule has 3 heterocycles. The first-order chi connectivity index (χ1) is 22.3. The van der Waals surface area contributed by atoms with Crippen molar-refractivity contribution < 1.29 is 4.42 Å². The Labute approximate surface area is 258 Å². The summed E-state index contributed by atoms with van der Waals surface area (Å²) >= 11 is 0. The number of fused-ring (bicyclic) bond motifs is 5. The number of furan rings is 1. The Morgan fingerprint density at radius 2 is 1.11 bits per heavy atom. The molecule has 0 saturated carbocycles. The maximum absolute atomic E-state index is 6.69. The first kappa shape index (κ1) is 25.3. The molecule has 0 bridgehead atoms. The van der Waals surface area contributed by atoms with E-state index in [2.05, 4.69) is 83.8 Å². The molecule has 45 heavy (non-hydrogen) atoms. The second-order valence-corrected chi connectivity index (χ2v) is 11.1. The molecule has 0 aliphatic heterocycles. The molecule has 5 heteroatoms. The number of benzene rings is 6. The van der Waals surface area contributed by atoms with Gasteiger partial charge < -0.3 is 4.42 Å². The molecular weight excluding hydrogens is 552 g/mol. The summed E-state index contributed by atoms with van der Waals surface area (Å²) in [6.45, 7) is 0. The van der Waals surface area contributed by atoms with Crippen LogP contribution in [0.15, 0.2) is 150 Å². The van der Waals surface area contributed by atoms with Gasteiger partial charge in [0.2, 0.25) is 0 Å². The molecular formula is C40H24N4O. The largest absolute Gasteiger partial charge is 0.455 e. The van der Waals surface area contributed by atoms with E-state index in [1.54, 1.807) is 0 Å². The van der Waals surface area contributed by atoms with Crippen LogP contribution in [-0.4, -0.2) is 19.9 Å². The summed E-state index contributed by atoms with van der Waals surface area (Å²) in [6.07, 6.45) is 1.82. The fraction of sp³-hybridized carbons (Fsp3) is 0. The van der Waals surface area contributed by atoms with E-state index in [1.165, 1.54) is 5.39 Å². The predicted octanol–water partition coefficient (Wildman–Crippen LogP) is 10.1. The van der Waals surface area contributed by atoms with Crippen LogP contribution >= 0.6 is 0 Å². The summed E-state index contributed by atoms with van der Waals surface area (Å²) in [5.74, 6) is 1.81. The van der Waals surface area contributed by atoms with Gasteiger partial charge in [-0.15, -0.1) is 0 Å². The molecule has 3 aromatic heterocycles. The van der Waals surface area contributed by atoms with Crippen molar-refractivity contribution in [3.63, 3.8) is 0 Å². The topological polar surface area (TPSA) is 64.7 Å². The number of rotatable bonds is 4. The van der Waals surface area contributed by atoms with Crippen LogP contribution in [-0.2, 0) is 0 Å². The SMILES string of the molecule is c1ccc(-c2nc(-c3ccc4ccccc4c3)nc(-c3ccc(-c4ccccc4)c4oc5cc6cccnc6cc5c34)n2)cc1. The number of nitrogens with zero attached hydrogens (tertiary/aromatic N) is 4. The second-order valence-electron chi connectivity index (χ2n) is 11.1. The Kier molecular flexibility index (Phi) is 5.74. The molecule has 0 atom stereocenters. The molecule has 9 aromatic rings. The van der Waals surface area contributed by atoms with Gasteiger partial charge in [-0.25, -0.2) is 15.0 Å². The first-order valence-corrected chi connectivity index (χ1v) is 14.9. The van der Waals surface area contributed by atoms with Crippen LogP contribution in [0.3, 0.4) is 0 Å². The number of hydrogen-bond acceptors (Lipinski definition) is 5. The van der Waals surface area contributed by atoms with Crippen LogP contribution in [0.5, 0.6) is 0 Å². The average molecular weight is 577 g/mol. The molecule has 210 valence electrons. The number of aromatic nitrogens is 4. The third-order valence-corrected chi connectivity index (χ3v) is 8.34. The van der Waals surface area contributed by atoms with Gasteiger partial charge >= 0.3 is 0 Å². The lowest BCUT2D eigenvalue weighted by molar-refractivity contribution is 0.670. The molecule has 0 amide bonds. The third-order valence-electron chi connectivity index (χ3n) is 8.34. The molecule has 5 nitrogen and oxygen atoms in total. The van der Waals surface area contributed by atoms with E-state index in [-0.39, 0.29) is 0 Å². The average Bonchev–Trinajstić information content (AvgIpc) is 3.49. The van der Waals surface area contributed by atoms with Gasteiger partial charge in [-0.05, 0) is 52.7 Å². The first-order valence-electron chi connectivity index (χ1n) is 14.9. The monoisotopic (exact) mass is 576 g/mol. The fourth-order valence-corrected chi connectivity index (χ4v) is 6.15. The highest BCUT2D eigenvalue weighted by atomic mass is 16.3. The van der Waals surface area contributed by atoms with Gasteiger partial charge in [0.15, 0.2) is 17.5 Å². The smallest absolute Gasteiger partial charge is 0.164 e. The molecule has 0 spiro atoms. The van der Waals surface area contributed by atoms with Gasteiger partial charge in [-0.1, -0.05) is 103 Å². The minimum atomic E-state index is 0.584. The molecule has 0 aliphatic carbocycles. The summed E-state index contributed by atoms with van der Waals surface area (Å²) in [6, 6.07) is 47.4. The van der Waals surface area contributed by atoms with Crippen molar-refractivity contribution in [2.45, 2.75) is 0 Å². The highest BCUT2D eigenvalue weighted by Crippen LogP contribution is 2.42. The molecule has 0 radical (unpaired) electrons. The van der Waals surface area contributed by atoms with Gasteiger partial charge in [0.05, 0.1) is 5.52 Å². The lowest BCUT2D eigenvalue weighted by Crippen LogP contribution is -2.00. The van der Waals surface area contributed by atoms with Gasteiger partial charge in [-0.3, -0.25) is 4.98 Å². The molecule has 6 aromatic carbocycles. The van der Waals surface area contributed by atoms with Gasteiger partial charge in [0, 0.05) is 44.6 Å². The van der Waals surface area contributed by atoms with Gasteiger partial charge in [-0.2, -0.15) is 0 Å². The lowest BCUT2D eigenvalue weighted by atomic mass is 9.97. The van der Waals surface area contributed by atoms with E-state index in [1.807, 2.05) is 66.9 Å². The minimum Gasteiger partial charge on any atom is -0.455 e. The highest BCUT2D eigenvalue weighted by Gasteiger charge is 2.21. The zero-order valence-electron chi connectivity index (χ0n) is 24.1. The van der Waals surface area contributed by atoms with Crippen LogP contribution in [0.25, 0.3) is 88.9 Å². The van der Waals surface area contributed by atoms with E-state index in [0.29, 0.717) is 17.5 Å². The minimum absolute atomic E-state index is 0.584. The van der Waals surface area contributed by atoms with Crippen LogP contribution in [0.2, 0.25) is 0 Å². The van der Waals surface area contributed by atoms with Crippen molar-refractivity contribution in [3.8, 4) is 45.3 Å². The summed E-state index contributed by atoms with van der Waals surface area (Å²) in [5, 5.41) is 5.25. The number of pyridine rings is 1. The van der Waals surface area contributed by atoms with Crippen molar-refractivity contribution in [1.29, 1.82) is 0 Å². The predicted molar refractivity (Wildman–Crippen MR) is 182 cm³/mol. The van der Waals surface area contributed by atoms with E-state index in [9.17, 15) is 0 Å². The summed E-state index contributed by atoms with van der Waals surface area (Å²) in [7, 11) is 0. The summed E-state index contributed by atoms with van der Waals surface area (Å²) in [4.78, 5) is 19.8. The van der Waals surface area contributed by atoms with E-state index >= 15 is 0 Å². The molecule has 9 rings (SSSR count). The van der Waals surface area contributed by atoms with Crippen molar-refractivity contribution in [2.24, 2.45) is 0 Å². The maximum Gasteiger partial charge on any atom is 0.164 e. The van der Waals surface area contributed by atoms with E-state index in [0.717, 1.165) is 66.0 Å². The third kappa shape index (κ3) is 4.33. The van der Waals surface area contributed by atoms with Crippen LogP contribution in [0.4, 0.5) is 0 Å². The molecule has 0 saturated heterocycles. The van der Waals surface area contributed by atoms with Crippen molar-refractivity contribution >= 4 is 43.6 Å². The Morgan fingerprint density at radius 3 is 1.93 bits per heavy atom. The summed E-state index contributed by atoms with van der Waals surface area (Å²) < 4.78 is 6.69. The lowest BCUT2D eigenvalue weighted by Gasteiger charge is -2.11. The van der Waals surface area contributed by atoms with Crippen LogP contribution in [0.1, 0.15) is 0 Å². The molecule has 0 unspecified atom stereocenters. The van der Waals surface area contributed by atoms with Gasteiger partial charge in [0.1, 0.15) is 11.2 Å². The highest BCUT2D eigenvalue weighted by molar-refractivity contribution is 6.18. The van der Waals surface area contributed by atoms with Crippen molar-refractivity contribution in [1.82, 2.24) is 19.9 Å². The quantitative estimate of drug-likeness (QED) is 0.209. The zero-order chi connectivity index (χ0) is 29.7.